The predicted molar refractivity (Wildman–Crippen MR) is 134 cm³/mol. The second-order valence-electron chi connectivity index (χ2n) is 8.28. The highest BCUT2D eigenvalue weighted by Gasteiger charge is 2.05. The zero-order chi connectivity index (χ0) is 22.4. The van der Waals surface area contributed by atoms with E-state index in [0.717, 1.165) is 60.1 Å². The highest BCUT2D eigenvalue weighted by molar-refractivity contribution is 5.66. The summed E-state index contributed by atoms with van der Waals surface area (Å²) in [6.45, 7) is 6.02. The van der Waals surface area contributed by atoms with Crippen molar-refractivity contribution in [2.75, 3.05) is 13.2 Å². The quantitative estimate of drug-likeness (QED) is 0.240. The van der Waals surface area contributed by atoms with Crippen LogP contribution in [0, 0.1) is 0 Å². The molecule has 3 rings (SSSR count). The maximum absolute atomic E-state index is 5.86. The van der Waals surface area contributed by atoms with Crippen molar-refractivity contribution in [1.29, 1.82) is 0 Å². The summed E-state index contributed by atoms with van der Waals surface area (Å²) in [4.78, 5) is 4.88. The van der Waals surface area contributed by atoms with Crippen LogP contribution in [0.4, 0.5) is 0 Å². The Kier molecular flexibility index (Phi) is 10.1. The normalized spacial score (nSPS) is 10.8. The van der Waals surface area contributed by atoms with Crippen LogP contribution in [0.5, 0.6) is 11.5 Å². The lowest BCUT2D eigenvalue weighted by Crippen LogP contribution is -1.97. The summed E-state index contributed by atoms with van der Waals surface area (Å²) >= 11 is 0. The molecule has 3 heteroatoms. The minimum atomic E-state index is 0.783. The van der Waals surface area contributed by atoms with E-state index in [1.54, 1.807) is 0 Å². The fraction of sp³-hybridized carbons (Fsp3) is 0.414. The molecule has 32 heavy (non-hydrogen) atoms. The first kappa shape index (κ1) is 23.8. The molecule has 3 nitrogen and oxygen atoms in total. The molecule has 1 aromatic heterocycles. The Morgan fingerprint density at radius 2 is 0.969 bits per heavy atom. The first-order chi connectivity index (χ1) is 15.8. The molecule has 0 saturated heterocycles. The molecule has 0 bridgehead atoms. The summed E-state index contributed by atoms with van der Waals surface area (Å²) < 4.78 is 11.7. The lowest BCUT2D eigenvalue weighted by atomic mass is 10.1. The molecule has 170 valence electrons. The second-order valence-corrected chi connectivity index (χ2v) is 8.28. The van der Waals surface area contributed by atoms with Crippen LogP contribution in [-0.4, -0.2) is 18.2 Å². The van der Waals surface area contributed by atoms with Crippen molar-refractivity contribution in [1.82, 2.24) is 4.98 Å². The number of aromatic nitrogens is 1. The highest BCUT2D eigenvalue weighted by Crippen LogP contribution is 2.26. The van der Waals surface area contributed by atoms with Crippen molar-refractivity contribution in [3.8, 4) is 34.0 Å². The van der Waals surface area contributed by atoms with Crippen molar-refractivity contribution in [3.63, 3.8) is 0 Å². The van der Waals surface area contributed by atoms with Gasteiger partial charge in [0, 0.05) is 11.1 Å². The molecule has 0 radical (unpaired) electrons. The van der Waals surface area contributed by atoms with Gasteiger partial charge in [0.2, 0.25) is 0 Å². The van der Waals surface area contributed by atoms with Gasteiger partial charge >= 0.3 is 0 Å². The molecular weight excluding hydrogens is 394 g/mol. The summed E-state index contributed by atoms with van der Waals surface area (Å²) in [5.41, 5.74) is 4.12. The minimum Gasteiger partial charge on any atom is -0.494 e. The lowest BCUT2D eigenvalue weighted by molar-refractivity contribution is 0.305. The molecule has 2 aromatic carbocycles. The predicted octanol–water partition coefficient (Wildman–Crippen LogP) is 8.33. The minimum absolute atomic E-state index is 0.783. The third-order valence-electron chi connectivity index (χ3n) is 5.58. The third-order valence-corrected chi connectivity index (χ3v) is 5.58. The molecule has 1 heterocycles. The average Bonchev–Trinajstić information content (AvgIpc) is 2.85. The van der Waals surface area contributed by atoms with Crippen molar-refractivity contribution in [2.45, 2.75) is 65.2 Å². The van der Waals surface area contributed by atoms with E-state index in [1.807, 2.05) is 24.3 Å². The Balaban J connectivity index is 1.56. The van der Waals surface area contributed by atoms with Crippen LogP contribution < -0.4 is 9.47 Å². The van der Waals surface area contributed by atoms with E-state index in [2.05, 4.69) is 56.3 Å². The number of hydrogen-bond donors (Lipinski definition) is 0. The molecule has 0 unspecified atom stereocenters. The molecule has 0 saturated carbocycles. The Labute approximate surface area is 193 Å². The van der Waals surface area contributed by atoms with Gasteiger partial charge in [0.05, 0.1) is 24.6 Å². The number of ether oxygens (including phenoxy) is 2. The van der Waals surface area contributed by atoms with E-state index >= 15 is 0 Å². The van der Waals surface area contributed by atoms with Gasteiger partial charge in [0.1, 0.15) is 11.5 Å². The average molecular weight is 432 g/mol. The molecule has 0 amide bonds. The van der Waals surface area contributed by atoms with Crippen molar-refractivity contribution in [3.05, 3.63) is 66.7 Å². The number of benzene rings is 2. The molecule has 0 fully saturated rings. The smallest absolute Gasteiger partial charge is 0.119 e. The monoisotopic (exact) mass is 431 g/mol. The first-order valence-corrected chi connectivity index (χ1v) is 12.2. The molecule has 0 aliphatic carbocycles. The molecule has 3 aromatic rings. The topological polar surface area (TPSA) is 31.4 Å². The zero-order valence-corrected chi connectivity index (χ0v) is 19.7. The summed E-state index contributed by atoms with van der Waals surface area (Å²) in [5, 5.41) is 0. The van der Waals surface area contributed by atoms with Gasteiger partial charge in [-0.2, -0.15) is 0 Å². The standard InChI is InChI=1S/C29H37NO2/c1-3-5-7-9-22-31-26-18-14-24(15-19-26)28-12-11-13-29(30-28)25-16-20-27(21-17-25)32-23-10-8-6-4-2/h11-21H,3-10,22-23H2,1-2H3. The summed E-state index contributed by atoms with van der Waals surface area (Å²) in [6.07, 6.45) is 9.74. The Morgan fingerprint density at radius 1 is 0.531 bits per heavy atom. The van der Waals surface area contributed by atoms with E-state index in [9.17, 15) is 0 Å². The second kappa shape index (κ2) is 13.6. The summed E-state index contributed by atoms with van der Waals surface area (Å²) in [6, 6.07) is 22.7. The molecular formula is C29H37NO2. The number of nitrogens with zero attached hydrogens (tertiary/aromatic N) is 1. The van der Waals surface area contributed by atoms with Gasteiger partial charge in [-0.05, 0) is 73.5 Å². The van der Waals surface area contributed by atoms with Crippen molar-refractivity contribution in [2.24, 2.45) is 0 Å². The number of pyridine rings is 1. The van der Waals surface area contributed by atoms with Gasteiger partial charge in [-0.1, -0.05) is 58.4 Å². The van der Waals surface area contributed by atoms with Crippen LogP contribution in [0.15, 0.2) is 66.7 Å². The third kappa shape index (κ3) is 7.71. The fourth-order valence-electron chi connectivity index (χ4n) is 3.64. The molecule has 0 aliphatic rings. The Morgan fingerprint density at radius 3 is 1.38 bits per heavy atom. The molecule has 0 spiro atoms. The van der Waals surface area contributed by atoms with Crippen LogP contribution >= 0.6 is 0 Å². The summed E-state index contributed by atoms with van der Waals surface area (Å²) in [5.74, 6) is 1.85. The summed E-state index contributed by atoms with van der Waals surface area (Å²) in [7, 11) is 0. The van der Waals surface area contributed by atoms with E-state index < -0.39 is 0 Å². The van der Waals surface area contributed by atoms with Gasteiger partial charge in [0.15, 0.2) is 0 Å². The van der Waals surface area contributed by atoms with Gasteiger partial charge < -0.3 is 9.47 Å². The first-order valence-electron chi connectivity index (χ1n) is 12.2. The maximum atomic E-state index is 5.86. The molecule has 0 N–H and O–H groups in total. The van der Waals surface area contributed by atoms with Crippen LogP contribution in [0.2, 0.25) is 0 Å². The highest BCUT2D eigenvalue weighted by atomic mass is 16.5. The molecule has 0 atom stereocenters. The number of hydrogen-bond acceptors (Lipinski definition) is 3. The van der Waals surface area contributed by atoms with E-state index in [4.69, 9.17) is 14.5 Å². The van der Waals surface area contributed by atoms with Crippen molar-refractivity contribution >= 4 is 0 Å². The molecule has 0 aliphatic heterocycles. The van der Waals surface area contributed by atoms with Gasteiger partial charge in [-0.3, -0.25) is 0 Å². The van der Waals surface area contributed by atoms with Crippen LogP contribution in [0.1, 0.15) is 65.2 Å². The SMILES string of the molecule is CCCCCCOc1ccc(-c2cccc(-c3ccc(OCCCCCC)cc3)n2)cc1. The largest absolute Gasteiger partial charge is 0.494 e. The number of unbranched alkanes of at least 4 members (excludes halogenated alkanes) is 6. The zero-order valence-electron chi connectivity index (χ0n) is 19.7. The van der Waals surface area contributed by atoms with Crippen LogP contribution in [-0.2, 0) is 0 Å². The van der Waals surface area contributed by atoms with Gasteiger partial charge in [0.25, 0.3) is 0 Å². The van der Waals surface area contributed by atoms with E-state index in [-0.39, 0.29) is 0 Å². The van der Waals surface area contributed by atoms with Crippen LogP contribution in [0.25, 0.3) is 22.5 Å². The lowest BCUT2D eigenvalue weighted by Gasteiger charge is -2.09. The van der Waals surface area contributed by atoms with E-state index in [0.29, 0.717) is 0 Å². The number of rotatable bonds is 14. The Bertz CT molecular complexity index is 830. The van der Waals surface area contributed by atoms with Gasteiger partial charge in [-0.25, -0.2) is 4.98 Å². The van der Waals surface area contributed by atoms with Crippen LogP contribution in [0.3, 0.4) is 0 Å². The van der Waals surface area contributed by atoms with Crippen molar-refractivity contribution < 1.29 is 9.47 Å². The van der Waals surface area contributed by atoms with E-state index in [1.165, 1.54) is 38.5 Å². The fourth-order valence-corrected chi connectivity index (χ4v) is 3.64. The maximum Gasteiger partial charge on any atom is 0.119 e. The Hall–Kier alpha value is -2.81. The van der Waals surface area contributed by atoms with Gasteiger partial charge in [-0.15, -0.1) is 0 Å².